The number of benzene rings is 3. The Morgan fingerprint density at radius 2 is 1.62 bits per heavy atom. The molecule has 0 saturated heterocycles. The molecular formula is C24H22N4O3S. The van der Waals surface area contributed by atoms with Gasteiger partial charge >= 0.3 is 0 Å². The minimum atomic E-state index is -3.68. The highest BCUT2D eigenvalue weighted by Crippen LogP contribution is 2.23. The molecule has 0 saturated carbocycles. The Bertz CT molecular complexity index is 1330. The molecule has 0 fully saturated rings. The second kappa shape index (κ2) is 9.07. The second-order valence-corrected chi connectivity index (χ2v) is 8.92. The average Bonchev–Trinajstić information content (AvgIpc) is 3.24. The number of aromatic nitrogens is 2. The van der Waals surface area contributed by atoms with Crippen LogP contribution in [0.4, 0.5) is 5.69 Å². The molecule has 162 valence electrons. The quantitative estimate of drug-likeness (QED) is 0.451. The number of sulfonamides is 1. The fourth-order valence-electron chi connectivity index (χ4n) is 3.30. The van der Waals surface area contributed by atoms with Crippen molar-refractivity contribution in [3.63, 3.8) is 0 Å². The summed E-state index contributed by atoms with van der Waals surface area (Å²) in [5, 5.41) is 7.13. The lowest BCUT2D eigenvalue weighted by molar-refractivity contribution is 0.0951. The van der Waals surface area contributed by atoms with E-state index in [0.717, 1.165) is 16.7 Å². The van der Waals surface area contributed by atoms with Crippen LogP contribution >= 0.6 is 0 Å². The van der Waals surface area contributed by atoms with Gasteiger partial charge in [0.25, 0.3) is 15.9 Å². The minimum absolute atomic E-state index is 0.175. The van der Waals surface area contributed by atoms with Crippen molar-refractivity contribution in [2.24, 2.45) is 7.05 Å². The summed E-state index contributed by atoms with van der Waals surface area (Å²) in [6.07, 6.45) is 3.71. The van der Waals surface area contributed by atoms with E-state index < -0.39 is 10.0 Å². The predicted octanol–water partition coefficient (Wildman–Crippen LogP) is 3.82. The molecule has 4 rings (SSSR count). The topological polar surface area (TPSA) is 93.1 Å². The number of aryl methyl sites for hydroxylation is 1. The van der Waals surface area contributed by atoms with Crippen LogP contribution in [0.5, 0.6) is 0 Å². The summed E-state index contributed by atoms with van der Waals surface area (Å²) in [5.74, 6) is -0.247. The number of carbonyl (C=O) groups excluding carboxylic acids is 1. The maximum Gasteiger partial charge on any atom is 0.261 e. The van der Waals surface area contributed by atoms with Crippen molar-refractivity contribution >= 4 is 21.6 Å². The molecular weight excluding hydrogens is 424 g/mol. The van der Waals surface area contributed by atoms with Crippen molar-refractivity contribution in [1.82, 2.24) is 15.1 Å². The minimum Gasteiger partial charge on any atom is -0.348 e. The van der Waals surface area contributed by atoms with E-state index in [2.05, 4.69) is 15.1 Å². The van der Waals surface area contributed by atoms with Crippen molar-refractivity contribution in [2.75, 3.05) is 4.72 Å². The lowest BCUT2D eigenvalue weighted by Crippen LogP contribution is -2.23. The average molecular weight is 447 g/mol. The number of carbonyl (C=O) groups is 1. The van der Waals surface area contributed by atoms with Crippen LogP contribution in [0.15, 0.2) is 96.2 Å². The molecule has 0 aliphatic rings. The van der Waals surface area contributed by atoms with Gasteiger partial charge in [0.15, 0.2) is 0 Å². The number of anilines is 1. The maximum absolute atomic E-state index is 12.6. The Labute approximate surface area is 186 Å². The zero-order valence-corrected chi connectivity index (χ0v) is 18.2. The highest BCUT2D eigenvalue weighted by Gasteiger charge is 2.14. The highest BCUT2D eigenvalue weighted by atomic mass is 32.2. The van der Waals surface area contributed by atoms with Crippen LogP contribution in [0.2, 0.25) is 0 Å². The molecule has 7 nitrogen and oxygen atoms in total. The smallest absolute Gasteiger partial charge is 0.261 e. The Kier molecular flexibility index (Phi) is 6.04. The largest absolute Gasteiger partial charge is 0.348 e. The maximum atomic E-state index is 12.6. The molecule has 1 amide bonds. The van der Waals surface area contributed by atoms with Crippen molar-refractivity contribution in [1.29, 1.82) is 0 Å². The fraction of sp³-hybridized carbons (Fsp3) is 0.0833. The van der Waals surface area contributed by atoms with E-state index in [-0.39, 0.29) is 10.8 Å². The Balaban J connectivity index is 1.42. The number of nitrogens with zero attached hydrogens (tertiary/aromatic N) is 2. The van der Waals surface area contributed by atoms with Crippen LogP contribution in [-0.4, -0.2) is 24.1 Å². The summed E-state index contributed by atoms with van der Waals surface area (Å²) in [6.45, 7) is 0.353. The van der Waals surface area contributed by atoms with Gasteiger partial charge in [-0.25, -0.2) is 8.42 Å². The molecule has 0 unspecified atom stereocenters. The first-order valence-electron chi connectivity index (χ1n) is 9.95. The first kappa shape index (κ1) is 21.3. The molecule has 2 N–H and O–H groups in total. The van der Waals surface area contributed by atoms with Crippen LogP contribution in [-0.2, 0) is 23.6 Å². The van der Waals surface area contributed by atoms with Crippen LogP contribution in [0.3, 0.4) is 0 Å². The molecule has 0 radical (unpaired) electrons. The van der Waals surface area contributed by atoms with Crippen molar-refractivity contribution < 1.29 is 13.2 Å². The van der Waals surface area contributed by atoms with E-state index in [9.17, 15) is 13.2 Å². The van der Waals surface area contributed by atoms with Gasteiger partial charge in [-0.15, -0.1) is 0 Å². The first-order valence-corrected chi connectivity index (χ1v) is 11.4. The third-order valence-corrected chi connectivity index (χ3v) is 6.32. The first-order chi connectivity index (χ1) is 15.4. The van der Waals surface area contributed by atoms with E-state index in [1.54, 1.807) is 53.3 Å². The van der Waals surface area contributed by atoms with E-state index in [0.29, 0.717) is 17.8 Å². The molecule has 3 aromatic carbocycles. The third kappa shape index (κ3) is 4.87. The van der Waals surface area contributed by atoms with Gasteiger partial charge in [-0.1, -0.05) is 42.5 Å². The number of rotatable bonds is 7. The molecule has 8 heteroatoms. The number of amides is 1. The number of hydrogen-bond donors (Lipinski definition) is 2. The molecule has 0 aliphatic carbocycles. The molecule has 1 aromatic heterocycles. The van der Waals surface area contributed by atoms with Crippen molar-refractivity contribution in [2.45, 2.75) is 11.4 Å². The van der Waals surface area contributed by atoms with E-state index in [1.165, 1.54) is 12.1 Å². The van der Waals surface area contributed by atoms with Crippen LogP contribution in [0.1, 0.15) is 15.9 Å². The van der Waals surface area contributed by atoms with E-state index in [4.69, 9.17) is 0 Å². The molecule has 0 bridgehead atoms. The predicted molar refractivity (Wildman–Crippen MR) is 124 cm³/mol. The number of hydrogen-bond acceptors (Lipinski definition) is 4. The Morgan fingerprint density at radius 3 is 2.31 bits per heavy atom. The zero-order chi connectivity index (χ0) is 22.6. The molecule has 1 heterocycles. The van der Waals surface area contributed by atoms with E-state index >= 15 is 0 Å². The lowest BCUT2D eigenvalue weighted by Gasteiger charge is -2.11. The summed E-state index contributed by atoms with van der Waals surface area (Å²) in [4.78, 5) is 12.8. The lowest BCUT2D eigenvalue weighted by atomic mass is 10.0. The van der Waals surface area contributed by atoms with E-state index in [1.807, 2.05) is 37.5 Å². The monoisotopic (exact) mass is 446 g/mol. The van der Waals surface area contributed by atoms with Gasteiger partial charge in [-0.05, 0) is 47.5 Å². The summed E-state index contributed by atoms with van der Waals surface area (Å²) < 4.78 is 29.1. The fourth-order valence-corrected chi connectivity index (χ4v) is 4.38. The van der Waals surface area contributed by atoms with Crippen molar-refractivity contribution in [3.8, 4) is 11.1 Å². The number of nitrogens with one attached hydrogen (secondary N) is 2. The van der Waals surface area contributed by atoms with Gasteiger partial charge in [-0.2, -0.15) is 5.10 Å². The second-order valence-electron chi connectivity index (χ2n) is 7.24. The van der Waals surface area contributed by atoms with Crippen LogP contribution in [0, 0.1) is 0 Å². The third-order valence-electron chi connectivity index (χ3n) is 4.93. The Hall–Kier alpha value is -3.91. The summed E-state index contributed by atoms with van der Waals surface area (Å²) >= 11 is 0. The normalized spacial score (nSPS) is 11.2. The highest BCUT2D eigenvalue weighted by molar-refractivity contribution is 7.92. The van der Waals surface area contributed by atoms with Crippen molar-refractivity contribution in [3.05, 3.63) is 102 Å². The summed E-state index contributed by atoms with van der Waals surface area (Å²) in [6, 6.07) is 22.3. The van der Waals surface area contributed by atoms with Gasteiger partial charge in [0.1, 0.15) is 0 Å². The van der Waals surface area contributed by atoms with Gasteiger partial charge in [-0.3, -0.25) is 14.2 Å². The molecule has 0 aliphatic heterocycles. The van der Waals surface area contributed by atoms with Crippen LogP contribution in [0.25, 0.3) is 11.1 Å². The van der Waals surface area contributed by atoms with Crippen LogP contribution < -0.4 is 10.0 Å². The molecule has 0 spiro atoms. The van der Waals surface area contributed by atoms with Gasteiger partial charge in [0.05, 0.1) is 11.1 Å². The Morgan fingerprint density at radius 1 is 0.938 bits per heavy atom. The molecule has 0 atom stereocenters. The van der Waals surface area contributed by atoms with Gasteiger partial charge in [0, 0.05) is 36.6 Å². The standard InChI is InChI=1S/C24H22N4O3S/c1-28-17-20(16-26-28)23-10-6-5-7-19(23)15-25-24(29)18-11-13-21(14-12-18)27-32(30,31)22-8-3-2-4-9-22/h2-14,16-17,27H,15H2,1H3,(H,25,29). The SMILES string of the molecule is Cn1cc(-c2ccccc2CNC(=O)c2ccc(NS(=O)(=O)c3ccccc3)cc2)cn1. The summed E-state index contributed by atoms with van der Waals surface area (Å²) in [7, 11) is -1.82. The summed E-state index contributed by atoms with van der Waals surface area (Å²) in [5.41, 5.74) is 3.78. The van der Waals surface area contributed by atoms with Gasteiger partial charge in [0.2, 0.25) is 0 Å². The van der Waals surface area contributed by atoms with Gasteiger partial charge < -0.3 is 5.32 Å². The molecule has 32 heavy (non-hydrogen) atoms. The zero-order valence-electron chi connectivity index (χ0n) is 17.4. The molecule has 4 aromatic rings.